The molecular formula is C10H16N4O3. The minimum absolute atomic E-state index is 0.0286. The highest BCUT2D eigenvalue weighted by atomic mass is 16.3. The molecule has 2 amide bonds. The lowest BCUT2D eigenvalue weighted by Gasteiger charge is -2.17. The van der Waals surface area contributed by atoms with Crippen LogP contribution in [0, 0.1) is 0 Å². The summed E-state index contributed by atoms with van der Waals surface area (Å²) in [5.74, 6) is -1.11. The molecule has 94 valence electrons. The molecule has 7 nitrogen and oxygen atoms in total. The van der Waals surface area contributed by atoms with Gasteiger partial charge in [-0.15, -0.1) is 0 Å². The first-order valence-electron chi connectivity index (χ1n) is 5.05. The zero-order valence-electron chi connectivity index (χ0n) is 10.0. The molecule has 0 aliphatic heterocycles. The molecule has 4 N–H and O–H groups in total. The van der Waals surface area contributed by atoms with Crippen LogP contribution in [0.3, 0.4) is 0 Å². The summed E-state index contributed by atoms with van der Waals surface area (Å²) in [5.41, 5.74) is 4.29. The first kappa shape index (κ1) is 13.2. The molecule has 0 aliphatic carbocycles. The van der Waals surface area contributed by atoms with Crippen LogP contribution in [0.1, 0.15) is 34.8 Å². The second kappa shape index (κ2) is 4.54. The molecule has 0 aliphatic rings. The smallest absolute Gasteiger partial charge is 0.269 e. The SMILES string of the molecule is Cn1nc(C(N)=O)cc1C(=O)NCC(C)(C)O. The highest BCUT2D eigenvalue weighted by Crippen LogP contribution is 2.04. The molecular weight excluding hydrogens is 224 g/mol. The van der Waals surface area contributed by atoms with Crippen molar-refractivity contribution < 1.29 is 14.7 Å². The summed E-state index contributed by atoms with van der Waals surface area (Å²) in [6.07, 6.45) is 0. The van der Waals surface area contributed by atoms with E-state index in [9.17, 15) is 14.7 Å². The van der Waals surface area contributed by atoms with Crippen LogP contribution in [0.5, 0.6) is 0 Å². The van der Waals surface area contributed by atoms with Crippen molar-refractivity contribution in [1.82, 2.24) is 15.1 Å². The number of nitrogens with one attached hydrogen (secondary N) is 1. The standard InChI is InChI=1S/C10H16N4O3/c1-10(2,17)5-12-9(16)7-4-6(8(11)15)13-14(7)3/h4,17H,5H2,1-3H3,(H2,11,15)(H,12,16). The number of aliphatic hydroxyl groups is 1. The molecule has 0 atom stereocenters. The lowest BCUT2D eigenvalue weighted by molar-refractivity contribution is 0.0689. The van der Waals surface area contributed by atoms with Gasteiger partial charge in [-0.1, -0.05) is 0 Å². The zero-order chi connectivity index (χ0) is 13.2. The molecule has 0 saturated carbocycles. The Kier molecular flexibility index (Phi) is 3.52. The maximum Gasteiger partial charge on any atom is 0.269 e. The predicted molar refractivity (Wildman–Crippen MR) is 60.4 cm³/mol. The molecule has 1 aromatic rings. The fourth-order valence-corrected chi connectivity index (χ4v) is 1.19. The molecule has 1 aromatic heterocycles. The number of aryl methyl sites for hydroxylation is 1. The Morgan fingerprint density at radius 1 is 1.59 bits per heavy atom. The highest BCUT2D eigenvalue weighted by molar-refractivity contribution is 5.97. The number of aromatic nitrogens is 2. The maximum absolute atomic E-state index is 11.7. The van der Waals surface area contributed by atoms with Crippen LogP contribution in [0.25, 0.3) is 0 Å². The van der Waals surface area contributed by atoms with Crippen molar-refractivity contribution in [3.63, 3.8) is 0 Å². The summed E-state index contributed by atoms with van der Waals surface area (Å²) < 4.78 is 1.26. The molecule has 0 spiro atoms. The molecule has 0 bridgehead atoms. The number of carbonyl (C=O) groups is 2. The van der Waals surface area contributed by atoms with Gasteiger partial charge in [-0.25, -0.2) is 0 Å². The summed E-state index contributed by atoms with van der Waals surface area (Å²) in [6.45, 7) is 3.25. The van der Waals surface area contributed by atoms with Crippen molar-refractivity contribution in [2.45, 2.75) is 19.4 Å². The van der Waals surface area contributed by atoms with Crippen LogP contribution in [0.2, 0.25) is 0 Å². The molecule has 0 saturated heterocycles. The van der Waals surface area contributed by atoms with Crippen molar-refractivity contribution in [2.24, 2.45) is 12.8 Å². The van der Waals surface area contributed by atoms with Gasteiger partial charge in [-0.2, -0.15) is 5.10 Å². The van der Waals surface area contributed by atoms with E-state index in [-0.39, 0.29) is 17.9 Å². The Morgan fingerprint density at radius 2 is 2.18 bits per heavy atom. The van der Waals surface area contributed by atoms with Crippen LogP contribution in [-0.2, 0) is 7.05 Å². The van der Waals surface area contributed by atoms with Crippen LogP contribution in [-0.4, -0.2) is 38.8 Å². The largest absolute Gasteiger partial charge is 0.389 e. The van der Waals surface area contributed by atoms with Crippen LogP contribution in [0.15, 0.2) is 6.07 Å². The minimum atomic E-state index is -0.999. The van der Waals surface area contributed by atoms with E-state index in [1.807, 2.05) is 0 Å². The summed E-state index contributed by atoms with van der Waals surface area (Å²) >= 11 is 0. The molecule has 17 heavy (non-hydrogen) atoms. The van der Waals surface area contributed by atoms with Gasteiger partial charge in [-0.05, 0) is 13.8 Å². The average Bonchev–Trinajstić information content (AvgIpc) is 2.56. The van der Waals surface area contributed by atoms with E-state index < -0.39 is 17.4 Å². The monoisotopic (exact) mass is 240 g/mol. The van der Waals surface area contributed by atoms with E-state index in [1.165, 1.54) is 17.8 Å². The van der Waals surface area contributed by atoms with Gasteiger partial charge in [0.15, 0.2) is 5.69 Å². The van der Waals surface area contributed by atoms with Crippen molar-refractivity contribution in [3.8, 4) is 0 Å². The molecule has 0 radical (unpaired) electrons. The summed E-state index contributed by atoms with van der Waals surface area (Å²) in [5, 5.41) is 15.8. The number of hydrogen-bond acceptors (Lipinski definition) is 4. The predicted octanol–water partition coefficient (Wildman–Crippen LogP) is -0.980. The maximum atomic E-state index is 11.7. The first-order valence-corrected chi connectivity index (χ1v) is 5.05. The Hall–Kier alpha value is -1.89. The average molecular weight is 240 g/mol. The van der Waals surface area contributed by atoms with E-state index in [2.05, 4.69) is 10.4 Å². The van der Waals surface area contributed by atoms with Crippen molar-refractivity contribution in [1.29, 1.82) is 0 Å². The van der Waals surface area contributed by atoms with E-state index in [0.717, 1.165) is 0 Å². The Balaban J connectivity index is 2.79. The third-order valence-electron chi connectivity index (χ3n) is 2.05. The second-order valence-electron chi connectivity index (χ2n) is 4.40. The van der Waals surface area contributed by atoms with E-state index in [4.69, 9.17) is 5.73 Å². The van der Waals surface area contributed by atoms with E-state index in [0.29, 0.717) is 0 Å². The van der Waals surface area contributed by atoms with Gasteiger partial charge in [0.05, 0.1) is 5.60 Å². The molecule has 0 unspecified atom stereocenters. The lowest BCUT2D eigenvalue weighted by Crippen LogP contribution is -2.38. The number of carbonyl (C=O) groups excluding carboxylic acids is 2. The van der Waals surface area contributed by atoms with Gasteiger partial charge in [-0.3, -0.25) is 14.3 Å². The Morgan fingerprint density at radius 3 is 2.59 bits per heavy atom. The number of rotatable bonds is 4. The second-order valence-corrected chi connectivity index (χ2v) is 4.40. The molecule has 0 aromatic carbocycles. The summed E-state index contributed by atoms with van der Waals surface area (Å²) in [6, 6.07) is 1.31. The van der Waals surface area contributed by atoms with E-state index in [1.54, 1.807) is 13.8 Å². The molecule has 1 rings (SSSR count). The topological polar surface area (TPSA) is 110 Å². The normalized spacial score (nSPS) is 11.3. The number of nitrogens with two attached hydrogens (primary N) is 1. The summed E-state index contributed by atoms with van der Waals surface area (Å²) in [4.78, 5) is 22.6. The van der Waals surface area contributed by atoms with Gasteiger partial charge in [0.1, 0.15) is 5.69 Å². The number of nitrogens with zero attached hydrogens (tertiary/aromatic N) is 2. The number of hydrogen-bond donors (Lipinski definition) is 3. The van der Waals surface area contributed by atoms with E-state index >= 15 is 0 Å². The molecule has 0 fully saturated rings. The lowest BCUT2D eigenvalue weighted by atomic mass is 10.1. The Labute approximate surface area is 98.6 Å². The van der Waals surface area contributed by atoms with Gasteiger partial charge in [0, 0.05) is 19.7 Å². The number of primary amides is 1. The highest BCUT2D eigenvalue weighted by Gasteiger charge is 2.18. The van der Waals surface area contributed by atoms with Gasteiger partial charge < -0.3 is 16.2 Å². The van der Waals surface area contributed by atoms with Crippen LogP contribution in [0.4, 0.5) is 0 Å². The number of amides is 2. The van der Waals surface area contributed by atoms with Gasteiger partial charge in [0.25, 0.3) is 11.8 Å². The fourth-order valence-electron chi connectivity index (χ4n) is 1.19. The van der Waals surface area contributed by atoms with Crippen molar-refractivity contribution in [3.05, 3.63) is 17.5 Å². The van der Waals surface area contributed by atoms with Crippen molar-refractivity contribution >= 4 is 11.8 Å². The molecule has 1 heterocycles. The third-order valence-corrected chi connectivity index (χ3v) is 2.05. The minimum Gasteiger partial charge on any atom is -0.389 e. The Bertz CT molecular complexity index is 445. The van der Waals surface area contributed by atoms with Crippen molar-refractivity contribution in [2.75, 3.05) is 6.54 Å². The fraction of sp³-hybridized carbons (Fsp3) is 0.500. The first-order chi connectivity index (χ1) is 7.70. The van der Waals surface area contributed by atoms with Crippen LogP contribution >= 0.6 is 0 Å². The van der Waals surface area contributed by atoms with Gasteiger partial charge >= 0.3 is 0 Å². The molecule has 7 heteroatoms. The zero-order valence-corrected chi connectivity index (χ0v) is 10.0. The quantitative estimate of drug-likeness (QED) is 0.628. The van der Waals surface area contributed by atoms with Crippen LogP contribution < -0.4 is 11.1 Å². The summed E-state index contributed by atoms with van der Waals surface area (Å²) in [7, 11) is 1.53. The third kappa shape index (κ3) is 3.56. The van der Waals surface area contributed by atoms with Gasteiger partial charge in [0.2, 0.25) is 0 Å².